The maximum absolute atomic E-state index is 10.7. The second-order valence-electron chi connectivity index (χ2n) is 2.14. The molecule has 0 aromatic rings. The Morgan fingerprint density at radius 2 is 2.30 bits per heavy atom. The molecular formula is C5H7ClN2O2. The summed E-state index contributed by atoms with van der Waals surface area (Å²) in [5.74, 6) is -0.508. The van der Waals surface area contributed by atoms with Gasteiger partial charge in [0.05, 0.1) is 0 Å². The summed E-state index contributed by atoms with van der Waals surface area (Å²) in [4.78, 5) is 10.7. The Morgan fingerprint density at radius 3 is 2.70 bits per heavy atom. The third kappa shape index (κ3) is 1.88. The van der Waals surface area contributed by atoms with Crippen molar-refractivity contribution in [1.82, 2.24) is 5.32 Å². The van der Waals surface area contributed by atoms with Gasteiger partial charge in [-0.3, -0.25) is 4.79 Å². The molecular weight excluding hydrogens is 156 g/mol. The second-order valence-corrected chi connectivity index (χ2v) is 2.50. The zero-order chi connectivity index (χ0) is 7.56. The molecule has 1 saturated carbocycles. The summed E-state index contributed by atoms with van der Waals surface area (Å²) >= 11 is 5.18. The predicted octanol–water partition coefficient (Wildman–Crippen LogP) is 0.291. The summed E-state index contributed by atoms with van der Waals surface area (Å²) in [6.07, 6.45) is 1.97. The third-order valence-electron chi connectivity index (χ3n) is 1.19. The number of carbonyl (C=O) groups excluding carboxylic acids is 1. The van der Waals surface area contributed by atoms with Crippen LogP contribution in [0.3, 0.4) is 0 Å². The van der Waals surface area contributed by atoms with E-state index < -0.39 is 11.1 Å². The molecule has 0 heterocycles. The molecule has 1 fully saturated rings. The largest absolute Gasteiger partial charge is 0.409 e. The van der Waals surface area contributed by atoms with Crippen molar-refractivity contribution in [1.29, 1.82) is 0 Å². The number of rotatable bonds is 2. The topological polar surface area (TPSA) is 61.7 Å². The van der Waals surface area contributed by atoms with Gasteiger partial charge in [-0.2, -0.15) is 0 Å². The van der Waals surface area contributed by atoms with Gasteiger partial charge in [0, 0.05) is 6.04 Å². The van der Waals surface area contributed by atoms with Crippen LogP contribution in [-0.4, -0.2) is 22.3 Å². The molecule has 0 saturated heterocycles. The predicted molar refractivity (Wildman–Crippen MR) is 36.2 cm³/mol. The maximum Gasteiger partial charge on any atom is 0.285 e. The molecule has 1 amide bonds. The molecule has 0 radical (unpaired) electrons. The molecule has 1 aliphatic rings. The van der Waals surface area contributed by atoms with Crippen LogP contribution in [0.5, 0.6) is 0 Å². The Balaban J connectivity index is 2.32. The molecule has 0 bridgehead atoms. The van der Waals surface area contributed by atoms with Crippen LogP contribution in [0, 0.1) is 0 Å². The van der Waals surface area contributed by atoms with Crippen LogP contribution in [0.15, 0.2) is 5.16 Å². The number of hydrogen-bond acceptors (Lipinski definition) is 3. The smallest absolute Gasteiger partial charge is 0.285 e. The summed E-state index contributed by atoms with van der Waals surface area (Å²) in [5, 5.41) is 12.7. The normalized spacial score (nSPS) is 18.7. The molecule has 1 rings (SSSR count). The first-order chi connectivity index (χ1) is 4.74. The van der Waals surface area contributed by atoms with Crippen molar-refractivity contribution in [2.45, 2.75) is 18.9 Å². The fourth-order valence-electron chi connectivity index (χ4n) is 0.518. The molecule has 0 aromatic heterocycles. The SMILES string of the molecule is O=C(NC1CC1)/C(Cl)=N\O. The lowest BCUT2D eigenvalue weighted by Gasteiger charge is -1.96. The lowest BCUT2D eigenvalue weighted by atomic mass is 10.6. The minimum Gasteiger partial charge on any atom is -0.409 e. The van der Waals surface area contributed by atoms with Gasteiger partial charge in [0.2, 0.25) is 5.17 Å². The van der Waals surface area contributed by atoms with Crippen molar-refractivity contribution >= 4 is 22.7 Å². The number of halogens is 1. The van der Waals surface area contributed by atoms with Gasteiger partial charge in [0.15, 0.2) is 0 Å². The van der Waals surface area contributed by atoms with E-state index in [9.17, 15) is 4.79 Å². The fourth-order valence-corrected chi connectivity index (χ4v) is 0.573. The van der Waals surface area contributed by atoms with E-state index in [1.165, 1.54) is 0 Å². The lowest BCUT2D eigenvalue weighted by Crippen LogP contribution is -2.29. The summed E-state index contributed by atoms with van der Waals surface area (Å²) in [7, 11) is 0. The van der Waals surface area contributed by atoms with Crippen molar-refractivity contribution in [3.8, 4) is 0 Å². The Morgan fingerprint density at radius 1 is 1.70 bits per heavy atom. The summed E-state index contributed by atoms with van der Waals surface area (Å²) in [5.41, 5.74) is 0. The molecule has 1 aliphatic carbocycles. The molecule has 2 N–H and O–H groups in total. The van der Waals surface area contributed by atoms with Gasteiger partial charge < -0.3 is 10.5 Å². The molecule has 0 spiro atoms. The Hall–Kier alpha value is -0.770. The average molecular weight is 163 g/mol. The van der Waals surface area contributed by atoms with E-state index in [0.717, 1.165) is 12.8 Å². The van der Waals surface area contributed by atoms with Crippen molar-refractivity contribution in [3.05, 3.63) is 0 Å². The van der Waals surface area contributed by atoms with E-state index in [2.05, 4.69) is 10.5 Å². The highest BCUT2D eigenvalue weighted by molar-refractivity contribution is 6.82. The summed E-state index contributed by atoms with van der Waals surface area (Å²) in [6, 6.07) is 0.239. The van der Waals surface area contributed by atoms with Crippen LogP contribution in [0.25, 0.3) is 0 Å². The van der Waals surface area contributed by atoms with Crippen LogP contribution in [0.1, 0.15) is 12.8 Å². The zero-order valence-corrected chi connectivity index (χ0v) is 5.93. The Kier molecular flexibility index (Phi) is 2.11. The fraction of sp³-hybridized carbons (Fsp3) is 0.600. The minimum absolute atomic E-state index is 0.239. The number of oxime groups is 1. The van der Waals surface area contributed by atoms with Crippen molar-refractivity contribution in [2.75, 3.05) is 0 Å². The van der Waals surface area contributed by atoms with E-state index in [0.29, 0.717) is 0 Å². The van der Waals surface area contributed by atoms with Gasteiger partial charge in [0.1, 0.15) is 0 Å². The maximum atomic E-state index is 10.7. The van der Waals surface area contributed by atoms with Crippen LogP contribution in [0.4, 0.5) is 0 Å². The van der Waals surface area contributed by atoms with Crippen LogP contribution >= 0.6 is 11.6 Å². The number of hydrogen-bond donors (Lipinski definition) is 2. The molecule has 0 aromatic carbocycles. The average Bonchev–Trinajstić information content (AvgIpc) is 2.70. The van der Waals surface area contributed by atoms with Crippen LogP contribution in [-0.2, 0) is 4.79 Å². The van der Waals surface area contributed by atoms with Gasteiger partial charge >= 0.3 is 0 Å². The van der Waals surface area contributed by atoms with Crippen molar-refractivity contribution < 1.29 is 10.0 Å². The summed E-state index contributed by atoms with van der Waals surface area (Å²) < 4.78 is 0. The van der Waals surface area contributed by atoms with Crippen molar-refractivity contribution in [2.24, 2.45) is 5.16 Å². The number of carbonyl (C=O) groups is 1. The Labute approximate surface area is 62.9 Å². The monoisotopic (exact) mass is 162 g/mol. The van der Waals surface area contributed by atoms with E-state index in [1.54, 1.807) is 0 Å². The lowest BCUT2D eigenvalue weighted by molar-refractivity contribution is -0.114. The third-order valence-corrected chi connectivity index (χ3v) is 1.43. The first-order valence-corrected chi connectivity index (χ1v) is 3.30. The van der Waals surface area contributed by atoms with Gasteiger partial charge in [-0.05, 0) is 12.8 Å². The second kappa shape index (κ2) is 2.88. The van der Waals surface area contributed by atoms with Crippen molar-refractivity contribution in [3.63, 3.8) is 0 Å². The Bertz CT molecular complexity index is 176. The van der Waals surface area contributed by atoms with Crippen LogP contribution in [0.2, 0.25) is 0 Å². The summed E-state index contributed by atoms with van der Waals surface area (Å²) in [6.45, 7) is 0. The number of nitrogens with one attached hydrogen (secondary N) is 1. The molecule has 10 heavy (non-hydrogen) atoms. The molecule has 56 valence electrons. The van der Waals surface area contributed by atoms with Gasteiger partial charge in [0.25, 0.3) is 5.91 Å². The van der Waals surface area contributed by atoms with E-state index in [1.807, 2.05) is 0 Å². The quantitative estimate of drug-likeness (QED) is 0.348. The molecule has 0 atom stereocenters. The van der Waals surface area contributed by atoms with E-state index >= 15 is 0 Å². The van der Waals surface area contributed by atoms with E-state index in [-0.39, 0.29) is 6.04 Å². The molecule has 0 aliphatic heterocycles. The van der Waals surface area contributed by atoms with E-state index in [4.69, 9.17) is 16.8 Å². The standard InChI is InChI=1S/C5H7ClN2O2/c6-4(8-10)5(9)7-3-1-2-3/h3,10H,1-2H2,(H,7,9)/b8-4+. The first kappa shape index (κ1) is 7.34. The minimum atomic E-state index is -0.508. The molecule has 0 unspecified atom stereocenters. The first-order valence-electron chi connectivity index (χ1n) is 2.92. The highest BCUT2D eigenvalue weighted by Crippen LogP contribution is 2.18. The van der Waals surface area contributed by atoms with Gasteiger partial charge in [-0.15, -0.1) is 0 Å². The zero-order valence-electron chi connectivity index (χ0n) is 5.17. The van der Waals surface area contributed by atoms with Gasteiger partial charge in [-0.25, -0.2) is 0 Å². The highest BCUT2D eigenvalue weighted by Gasteiger charge is 2.24. The molecule has 5 heteroatoms. The van der Waals surface area contributed by atoms with Crippen LogP contribution < -0.4 is 5.32 Å². The van der Waals surface area contributed by atoms with Gasteiger partial charge in [-0.1, -0.05) is 16.8 Å². The highest BCUT2D eigenvalue weighted by atomic mass is 35.5. The number of nitrogens with zero attached hydrogens (tertiary/aromatic N) is 1. The number of amides is 1. The molecule has 4 nitrogen and oxygen atoms in total.